The van der Waals surface area contributed by atoms with Crippen molar-refractivity contribution in [1.29, 1.82) is 0 Å². The number of rotatable bonds is 4. The highest BCUT2D eigenvalue weighted by molar-refractivity contribution is 5.61. The first-order chi connectivity index (χ1) is 9.34. The lowest BCUT2D eigenvalue weighted by molar-refractivity contribution is 0.0320. The van der Waals surface area contributed by atoms with Gasteiger partial charge in [-0.1, -0.05) is 0 Å². The normalized spacial score (nSPS) is 16.9. The summed E-state index contributed by atoms with van der Waals surface area (Å²) >= 11 is 0. The highest BCUT2D eigenvalue weighted by Gasteiger charge is 2.12. The minimum Gasteiger partial charge on any atom is -0.475 e. The van der Waals surface area contributed by atoms with Crippen molar-refractivity contribution in [3.63, 3.8) is 0 Å². The molecule has 3 rings (SSSR count). The molecule has 0 unspecified atom stereocenters. The molecule has 0 aromatic carbocycles. The molecule has 0 bridgehead atoms. The van der Waals surface area contributed by atoms with Crippen LogP contribution in [0.1, 0.15) is 5.56 Å². The van der Waals surface area contributed by atoms with Gasteiger partial charge in [0.25, 0.3) is 0 Å². The number of nitrogens with zero attached hydrogens (tertiary/aromatic N) is 4. The van der Waals surface area contributed by atoms with Crippen molar-refractivity contribution in [3.8, 4) is 5.88 Å². The molecule has 0 spiro atoms. The van der Waals surface area contributed by atoms with Crippen LogP contribution in [0.3, 0.4) is 0 Å². The zero-order chi connectivity index (χ0) is 13.1. The average Bonchev–Trinajstić information content (AvgIpc) is 2.83. The Bertz CT molecular complexity index is 549. The molecule has 19 heavy (non-hydrogen) atoms. The fraction of sp³-hybridized carbons (Fsp3) is 0.538. The summed E-state index contributed by atoms with van der Waals surface area (Å²) in [5.74, 6) is 0.658. The highest BCUT2D eigenvalue weighted by Crippen LogP contribution is 2.19. The number of aromatic nitrogens is 3. The Kier molecular flexibility index (Phi) is 3.61. The Morgan fingerprint density at radius 1 is 1.37 bits per heavy atom. The Labute approximate surface area is 111 Å². The second kappa shape index (κ2) is 5.54. The smallest absolute Gasteiger partial charge is 0.240 e. The van der Waals surface area contributed by atoms with E-state index in [4.69, 9.17) is 9.47 Å². The molecule has 102 valence electrons. The van der Waals surface area contributed by atoms with E-state index in [1.54, 1.807) is 10.7 Å². The standard InChI is InChI=1S/C13H18N4O2/c1-11-10-15-17-3-2-14-13(12(11)17)19-9-6-16-4-7-18-8-5-16/h2-3,10H,4-9H2,1H3. The zero-order valence-electron chi connectivity index (χ0n) is 11.1. The van der Waals surface area contributed by atoms with Gasteiger partial charge in [-0.15, -0.1) is 0 Å². The number of hydrogen-bond acceptors (Lipinski definition) is 5. The predicted octanol–water partition coefficient (Wildman–Crippen LogP) is 0.749. The molecular formula is C13H18N4O2. The summed E-state index contributed by atoms with van der Waals surface area (Å²) < 4.78 is 12.9. The van der Waals surface area contributed by atoms with Gasteiger partial charge in [0, 0.05) is 37.6 Å². The fourth-order valence-electron chi connectivity index (χ4n) is 2.26. The van der Waals surface area contributed by atoms with Crippen molar-refractivity contribution in [2.24, 2.45) is 0 Å². The average molecular weight is 262 g/mol. The highest BCUT2D eigenvalue weighted by atomic mass is 16.5. The summed E-state index contributed by atoms with van der Waals surface area (Å²) in [6.07, 6.45) is 5.37. The number of fused-ring (bicyclic) bond motifs is 1. The minimum atomic E-state index is 0.636. The Morgan fingerprint density at radius 3 is 3.05 bits per heavy atom. The zero-order valence-corrected chi connectivity index (χ0v) is 11.1. The molecule has 3 heterocycles. The molecule has 1 aliphatic rings. The number of aryl methyl sites for hydroxylation is 1. The van der Waals surface area contributed by atoms with Crippen molar-refractivity contribution in [2.75, 3.05) is 39.5 Å². The van der Waals surface area contributed by atoms with Crippen molar-refractivity contribution in [2.45, 2.75) is 6.92 Å². The van der Waals surface area contributed by atoms with Crippen molar-refractivity contribution < 1.29 is 9.47 Å². The molecule has 1 fully saturated rings. The van der Waals surface area contributed by atoms with E-state index in [1.165, 1.54) is 0 Å². The SMILES string of the molecule is Cc1cnn2ccnc(OCCN3CCOCC3)c12. The van der Waals surface area contributed by atoms with Crippen LogP contribution in [-0.2, 0) is 4.74 Å². The number of morpholine rings is 1. The maximum atomic E-state index is 5.81. The summed E-state index contributed by atoms with van der Waals surface area (Å²) in [5.41, 5.74) is 2.03. The van der Waals surface area contributed by atoms with Crippen LogP contribution in [0.5, 0.6) is 5.88 Å². The van der Waals surface area contributed by atoms with Crippen LogP contribution in [0.15, 0.2) is 18.6 Å². The monoisotopic (exact) mass is 262 g/mol. The first-order valence-corrected chi connectivity index (χ1v) is 6.56. The predicted molar refractivity (Wildman–Crippen MR) is 70.5 cm³/mol. The van der Waals surface area contributed by atoms with E-state index in [0.717, 1.165) is 43.9 Å². The van der Waals surface area contributed by atoms with E-state index in [9.17, 15) is 0 Å². The van der Waals surface area contributed by atoms with Crippen LogP contribution in [0.25, 0.3) is 5.52 Å². The Balaban J connectivity index is 1.63. The van der Waals surface area contributed by atoms with Gasteiger partial charge in [0.2, 0.25) is 5.88 Å². The van der Waals surface area contributed by atoms with Crippen LogP contribution in [-0.4, -0.2) is 59.0 Å². The third-order valence-corrected chi connectivity index (χ3v) is 3.33. The van der Waals surface area contributed by atoms with Gasteiger partial charge < -0.3 is 9.47 Å². The Morgan fingerprint density at radius 2 is 2.21 bits per heavy atom. The van der Waals surface area contributed by atoms with Gasteiger partial charge in [0.1, 0.15) is 12.1 Å². The lowest BCUT2D eigenvalue weighted by Crippen LogP contribution is -2.38. The lowest BCUT2D eigenvalue weighted by Gasteiger charge is -2.26. The maximum Gasteiger partial charge on any atom is 0.240 e. The van der Waals surface area contributed by atoms with Crippen LogP contribution < -0.4 is 4.74 Å². The first-order valence-electron chi connectivity index (χ1n) is 6.56. The van der Waals surface area contributed by atoms with Crippen molar-refractivity contribution in [3.05, 3.63) is 24.2 Å². The summed E-state index contributed by atoms with van der Waals surface area (Å²) in [4.78, 5) is 6.64. The van der Waals surface area contributed by atoms with Crippen LogP contribution in [0, 0.1) is 6.92 Å². The summed E-state index contributed by atoms with van der Waals surface area (Å²) in [5, 5.41) is 4.25. The third-order valence-electron chi connectivity index (χ3n) is 3.33. The van der Waals surface area contributed by atoms with Crippen LogP contribution in [0.2, 0.25) is 0 Å². The van der Waals surface area contributed by atoms with Crippen LogP contribution in [0.4, 0.5) is 0 Å². The molecule has 6 heteroatoms. The topological polar surface area (TPSA) is 51.9 Å². The van der Waals surface area contributed by atoms with Crippen molar-refractivity contribution >= 4 is 5.52 Å². The third kappa shape index (κ3) is 2.69. The second-order valence-electron chi connectivity index (χ2n) is 4.66. The molecule has 1 saturated heterocycles. The molecule has 0 amide bonds. The molecule has 2 aromatic heterocycles. The molecule has 0 aliphatic carbocycles. The quantitative estimate of drug-likeness (QED) is 0.814. The van der Waals surface area contributed by atoms with Gasteiger partial charge in [0.15, 0.2) is 0 Å². The van der Waals surface area contributed by atoms with E-state index >= 15 is 0 Å². The van der Waals surface area contributed by atoms with Gasteiger partial charge in [-0.2, -0.15) is 5.10 Å². The summed E-state index contributed by atoms with van der Waals surface area (Å²) in [6, 6.07) is 0. The van der Waals surface area contributed by atoms with Gasteiger partial charge in [0.05, 0.1) is 19.4 Å². The fourth-order valence-corrected chi connectivity index (χ4v) is 2.26. The van der Waals surface area contributed by atoms with Gasteiger partial charge >= 0.3 is 0 Å². The second-order valence-corrected chi connectivity index (χ2v) is 4.66. The molecule has 0 N–H and O–H groups in total. The van der Waals surface area contributed by atoms with Gasteiger partial charge in [-0.05, 0) is 6.92 Å². The van der Waals surface area contributed by atoms with E-state index < -0.39 is 0 Å². The van der Waals surface area contributed by atoms with E-state index in [0.29, 0.717) is 12.5 Å². The van der Waals surface area contributed by atoms with E-state index in [-0.39, 0.29) is 0 Å². The largest absolute Gasteiger partial charge is 0.475 e. The Hall–Kier alpha value is -1.66. The molecule has 6 nitrogen and oxygen atoms in total. The molecule has 1 aliphatic heterocycles. The molecule has 0 atom stereocenters. The van der Waals surface area contributed by atoms with Crippen molar-refractivity contribution in [1.82, 2.24) is 19.5 Å². The van der Waals surface area contributed by atoms with Gasteiger partial charge in [-0.3, -0.25) is 4.90 Å². The van der Waals surface area contributed by atoms with E-state index in [1.807, 2.05) is 19.3 Å². The van der Waals surface area contributed by atoms with E-state index in [2.05, 4.69) is 15.0 Å². The summed E-state index contributed by atoms with van der Waals surface area (Å²) in [6.45, 7) is 7.14. The number of ether oxygens (including phenoxy) is 2. The minimum absolute atomic E-state index is 0.636. The van der Waals surface area contributed by atoms with Gasteiger partial charge in [-0.25, -0.2) is 9.50 Å². The number of hydrogen-bond donors (Lipinski definition) is 0. The molecular weight excluding hydrogens is 244 g/mol. The molecule has 0 radical (unpaired) electrons. The lowest BCUT2D eigenvalue weighted by atomic mass is 10.3. The van der Waals surface area contributed by atoms with Crippen LogP contribution >= 0.6 is 0 Å². The molecule has 0 saturated carbocycles. The first kappa shape index (κ1) is 12.4. The summed E-state index contributed by atoms with van der Waals surface area (Å²) in [7, 11) is 0. The maximum absolute atomic E-state index is 5.81. The molecule has 2 aromatic rings.